The Morgan fingerprint density at radius 3 is 3.13 bits per heavy atom. The molecule has 1 atom stereocenters. The number of aromatic amines is 1. The molecule has 1 amide bonds. The highest BCUT2D eigenvalue weighted by atomic mass is 35.5. The summed E-state index contributed by atoms with van der Waals surface area (Å²) in [4.78, 5) is 16.2. The van der Waals surface area contributed by atoms with Crippen LogP contribution in [0.1, 0.15) is 12.8 Å². The fraction of sp³-hybridized carbons (Fsp3) is 0.400. The molecule has 0 aliphatic carbocycles. The standard InChI is InChI=1S/C15H17ClN4O2S/c16-12-6-2-1-5-11(12)14-18-15(20-19-14)23-9-13(21)17-8-10-4-3-7-22-10/h1-2,5-6,10H,3-4,7-9H2,(H,17,21)(H,18,19,20). The van der Waals surface area contributed by atoms with Crippen LogP contribution < -0.4 is 5.32 Å². The fourth-order valence-corrected chi connectivity index (χ4v) is 3.15. The number of carbonyl (C=O) groups is 1. The highest BCUT2D eigenvalue weighted by molar-refractivity contribution is 7.99. The van der Waals surface area contributed by atoms with E-state index in [-0.39, 0.29) is 17.8 Å². The van der Waals surface area contributed by atoms with Crippen LogP contribution in [-0.2, 0) is 9.53 Å². The van der Waals surface area contributed by atoms with Gasteiger partial charge < -0.3 is 10.1 Å². The Bertz CT molecular complexity index is 673. The molecule has 2 N–H and O–H groups in total. The summed E-state index contributed by atoms with van der Waals surface area (Å²) in [5.74, 6) is 0.819. The van der Waals surface area contributed by atoms with Gasteiger partial charge in [-0.2, -0.15) is 0 Å². The SMILES string of the molecule is O=C(CSc1n[nH]c(-c2ccccc2Cl)n1)NCC1CCCO1. The highest BCUT2D eigenvalue weighted by Gasteiger charge is 2.16. The van der Waals surface area contributed by atoms with Crippen molar-refractivity contribution in [3.63, 3.8) is 0 Å². The lowest BCUT2D eigenvalue weighted by atomic mass is 10.2. The molecule has 23 heavy (non-hydrogen) atoms. The van der Waals surface area contributed by atoms with E-state index in [1.165, 1.54) is 11.8 Å². The van der Waals surface area contributed by atoms with Gasteiger partial charge in [-0.3, -0.25) is 9.89 Å². The van der Waals surface area contributed by atoms with E-state index in [1.807, 2.05) is 18.2 Å². The first-order chi connectivity index (χ1) is 11.2. The van der Waals surface area contributed by atoms with Gasteiger partial charge in [-0.25, -0.2) is 4.98 Å². The van der Waals surface area contributed by atoms with Crippen molar-refractivity contribution in [2.75, 3.05) is 18.9 Å². The van der Waals surface area contributed by atoms with Crippen molar-refractivity contribution < 1.29 is 9.53 Å². The van der Waals surface area contributed by atoms with Crippen LogP contribution in [0.3, 0.4) is 0 Å². The number of nitrogens with one attached hydrogen (secondary N) is 2. The van der Waals surface area contributed by atoms with Crippen molar-refractivity contribution in [1.29, 1.82) is 0 Å². The van der Waals surface area contributed by atoms with Gasteiger partial charge in [0.05, 0.1) is 16.9 Å². The molecule has 0 radical (unpaired) electrons. The number of thioether (sulfide) groups is 1. The quantitative estimate of drug-likeness (QED) is 0.781. The van der Waals surface area contributed by atoms with Crippen LogP contribution in [0.25, 0.3) is 11.4 Å². The number of rotatable bonds is 6. The average molecular weight is 353 g/mol. The van der Waals surface area contributed by atoms with E-state index in [4.69, 9.17) is 16.3 Å². The molecule has 0 spiro atoms. The Labute approximate surface area is 143 Å². The highest BCUT2D eigenvalue weighted by Crippen LogP contribution is 2.25. The van der Waals surface area contributed by atoms with E-state index in [2.05, 4.69) is 20.5 Å². The van der Waals surface area contributed by atoms with Gasteiger partial charge in [0.2, 0.25) is 11.1 Å². The maximum Gasteiger partial charge on any atom is 0.230 e. The van der Waals surface area contributed by atoms with E-state index in [0.29, 0.717) is 22.5 Å². The van der Waals surface area contributed by atoms with Gasteiger partial charge in [-0.15, -0.1) is 5.10 Å². The third kappa shape index (κ3) is 4.46. The molecule has 122 valence electrons. The number of H-pyrrole nitrogens is 1. The molecule has 2 aromatic rings. The van der Waals surface area contributed by atoms with Gasteiger partial charge in [-0.05, 0) is 25.0 Å². The van der Waals surface area contributed by atoms with Crippen LogP contribution in [0.4, 0.5) is 0 Å². The van der Waals surface area contributed by atoms with Gasteiger partial charge in [0.15, 0.2) is 5.82 Å². The number of halogens is 1. The molecule has 1 aromatic carbocycles. The maximum absolute atomic E-state index is 11.8. The molecule has 8 heteroatoms. The summed E-state index contributed by atoms with van der Waals surface area (Å²) in [7, 11) is 0. The normalized spacial score (nSPS) is 17.3. The Balaban J connectivity index is 1.49. The number of hydrogen-bond donors (Lipinski definition) is 2. The summed E-state index contributed by atoms with van der Waals surface area (Å²) >= 11 is 7.41. The van der Waals surface area contributed by atoms with Crippen molar-refractivity contribution in [3.8, 4) is 11.4 Å². The van der Waals surface area contributed by atoms with E-state index in [0.717, 1.165) is 25.0 Å². The number of hydrogen-bond acceptors (Lipinski definition) is 5. The summed E-state index contributed by atoms with van der Waals surface area (Å²) < 4.78 is 5.47. The van der Waals surface area contributed by atoms with Crippen LogP contribution in [0.5, 0.6) is 0 Å². The summed E-state index contributed by atoms with van der Waals surface area (Å²) in [5, 5.41) is 10.9. The van der Waals surface area contributed by atoms with E-state index < -0.39 is 0 Å². The minimum Gasteiger partial charge on any atom is -0.376 e. The second-order valence-electron chi connectivity index (χ2n) is 5.17. The first-order valence-corrected chi connectivity index (χ1v) is 8.77. The second-order valence-corrected chi connectivity index (χ2v) is 6.52. The van der Waals surface area contributed by atoms with Crippen molar-refractivity contribution in [1.82, 2.24) is 20.5 Å². The Kier molecular flexibility index (Phi) is 5.53. The molecule has 2 heterocycles. The molecule has 0 bridgehead atoms. The van der Waals surface area contributed by atoms with Gasteiger partial charge in [0.1, 0.15) is 0 Å². The lowest BCUT2D eigenvalue weighted by Gasteiger charge is -2.09. The zero-order valence-corrected chi connectivity index (χ0v) is 14.0. The first-order valence-electron chi connectivity index (χ1n) is 7.41. The number of aromatic nitrogens is 3. The molecule has 1 aliphatic rings. The number of benzene rings is 1. The molecule has 1 unspecified atom stereocenters. The summed E-state index contributed by atoms with van der Waals surface area (Å²) in [6.45, 7) is 1.36. The topological polar surface area (TPSA) is 79.9 Å². The fourth-order valence-electron chi connectivity index (χ4n) is 2.30. The van der Waals surface area contributed by atoms with Crippen molar-refractivity contribution in [2.45, 2.75) is 24.1 Å². The summed E-state index contributed by atoms with van der Waals surface area (Å²) in [6, 6.07) is 7.40. The van der Waals surface area contributed by atoms with Gasteiger partial charge in [0, 0.05) is 18.7 Å². The monoisotopic (exact) mass is 352 g/mol. The lowest BCUT2D eigenvalue weighted by Crippen LogP contribution is -2.32. The van der Waals surface area contributed by atoms with Crippen LogP contribution in [-0.4, -0.2) is 46.1 Å². The maximum atomic E-state index is 11.8. The first kappa shape index (κ1) is 16.3. The molecule has 1 aromatic heterocycles. The van der Waals surface area contributed by atoms with E-state index >= 15 is 0 Å². The van der Waals surface area contributed by atoms with Crippen molar-refractivity contribution in [2.24, 2.45) is 0 Å². The second kappa shape index (κ2) is 7.81. The molecular weight excluding hydrogens is 336 g/mol. The third-order valence-electron chi connectivity index (χ3n) is 3.48. The zero-order valence-electron chi connectivity index (χ0n) is 12.4. The smallest absolute Gasteiger partial charge is 0.230 e. The largest absolute Gasteiger partial charge is 0.376 e. The predicted octanol–water partition coefficient (Wildman–Crippen LogP) is 2.51. The minimum atomic E-state index is -0.0467. The third-order valence-corrected chi connectivity index (χ3v) is 4.65. The van der Waals surface area contributed by atoms with E-state index in [1.54, 1.807) is 6.07 Å². The molecule has 1 aliphatic heterocycles. The molecular formula is C15H17ClN4O2S. The predicted molar refractivity (Wildman–Crippen MR) is 89.5 cm³/mol. The van der Waals surface area contributed by atoms with Gasteiger partial charge in [-0.1, -0.05) is 35.5 Å². The molecule has 1 fully saturated rings. The van der Waals surface area contributed by atoms with E-state index in [9.17, 15) is 4.79 Å². The number of carbonyl (C=O) groups excluding carboxylic acids is 1. The van der Waals surface area contributed by atoms with Gasteiger partial charge in [0.25, 0.3) is 0 Å². The van der Waals surface area contributed by atoms with Crippen LogP contribution in [0.2, 0.25) is 5.02 Å². The molecule has 0 saturated carbocycles. The summed E-state index contributed by atoms with van der Waals surface area (Å²) in [5.41, 5.74) is 0.788. The molecule has 6 nitrogen and oxygen atoms in total. The Morgan fingerprint density at radius 1 is 1.48 bits per heavy atom. The zero-order chi connectivity index (χ0) is 16.1. The number of nitrogens with zero attached hydrogens (tertiary/aromatic N) is 2. The van der Waals surface area contributed by atoms with Gasteiger partial charge >= 0.3 is 0 Å². The Hall–Kier alpha value is -1.57. The van der Waals surface area contributed by atoms with Crippen molar-refractivity contribution in [3.05, 3.63) is 29.3 Å². The molecule has 3 rings (SSSR count). The van der Waals surface area contributed by atoms with Crippen molar-refractivity contribution >= 4 is 29.3 Å². The number of ether oxygens (including phenoxy) is 1. The molecule has 1 saturated heterocycles. The minimum absolute atomic E-state index is 0.0467. The summed E-state index contributed by atoms with van der Waals surface area (Å²) in [6.07, 6.45) is 2.23. The van der Waals surface area contributed by atoms with Crippen LogP contribution in [0, 0.1) is 0 Å². The van der Waals surface area contributed by atoms with Crippen LogP contribution in [0.15, 0.2) is 29.4 Å². The van der Waals surface area contributed by atoms with Crippen LogP contribution >= 0.6 is 23.4 Å². The average Bonchev–Trinajstić information content (AvgIpc) is 3.23. The lowest BCUT2D eigenvalue weighted by molar-refractivity contribution is -0.119. The Morgan fingerprint density at radius 2 is 2.35 bits per heavy atom. The number of amides is 1.